The van der Waals surface area contributed by atoms with E-state index in [-0.39, 0.29) is 24.2 Å². The van der Waals surface area contributed by atoms with Crippen LogP contribution in [-0.4, -0.2) is 49.0 Å². The van der Waals surface area contributed by atoms with Crippen molar-refractivity contribution in [3.05, 3.63) is 69.8 Å². The molecule has 0 unspecified atom stereocenters. The number of hydrogen-bond acceptors (Lipinski definition) is 4. The number of benzene rings is 2. The minimum atomic E-state index is 0.246. The van der Waals surface area contributed by atoms with Crippen LogP contribution < -0.4 is 0 Å². The van der Waals surface area contributed by atoms with E-state index < -0.39 is 0 Å². The van der Waals surface area contributed by atoms with Crippen molar-refractivity contribution in [2.45, 2.75) is 89.4 Å². The molecule has 0 spiro atoms. The predicted molar refractivity (Wildman–Crippen MR) is 145 cm³/mol. The maximum atomic E-state index is 5.03. The van der Waals surface area contributed by atoms with Crippen LogP contribution in [0, 0.1) is 13.8 Å². The first-order valence-corrected chi connectivity index (χ1v) is 13.0. The molecule has 2 aromatic carbocycles. The fraction of sp³-hybridized carbons (Fsp3) is 0.467. The Morgan fingerprint density at radius 3 is 0.971 bits per heavy atom. The third-order valence-corrected chi connectivity index (χ3v) is 7.29. The molecule has 176 valence electrons. The zero-order chi connectivity index (χ0) is 23.3. The van der Waals surface area contributed by atoms with Gasteiger partial charge in [-0.3, -0.25) is 20.0 Å². The second-order valence-electron chi connectivity index (χ2n) is 10.3. The normalized spacial score (nSPS) is 26.9. The van der Waals surface area contributed by atoms with Gasteiger partial charge in [0.2, 0.25) is 0 Å². The SMILES string of the molecule is Cc1cc2cc(c1)C=N[C@@H]1CCCC[C@H]1N=Cc1cc(C)cc(c1)C=N[C@@H]1CCCC[C@H]1N=C2. The third-order valence-electron chi connectivity index (χ3n) is 7.29. The fourth-order valence-corrected chi connectivity index (χ4v) is 5.59. The molecular formula is C30H36N4. The van der Waals surface area contributed by atoms with Gasteiger partial charge in [-0.2, -0.15) is 0 Å². The van der Waals surface area contributed by atoms with Crippen molar-refractivity contribution in [3.8, 4) is 0 Å². The summed E-state index contributed by atoms with van der Waals surface area (Å²) in [7, 11) is 0. The zero-order valence-electron chi connectivity index (χ0n) is 20.5. The molecule has 1 aliphatic heterocycles. The molecule has 0 N–H and O–H groups in total. The number of aliphatic imine (C=N–C) groups is 4. The molecule has 0 amide bonds. The van der Waals surface area contributed by atoms with E-state index in [0.29, 0.717) is 0 Å². The van der Waals surface area contributed by atoms with Gasteiger partial charge in [-0.1, -0.05) is 49.9 Å². The lowest BCUT2D eigenvalue weighted by atomic mass is 9.91. The highest BCUT2D eigenvalue weighted by Crippen LogP contribution is 2.26. The highest BCUT2D eigenvalue weighted by atomic mass is 14.9. The summed E-state index contributed by atoms with van der Waals surface area (Å²) in [5, 5.41) is 0. The summed E-state index contributed by atoms with van der Waals surface area (Å²) in [5.41, 5.74) is 7.08. The number of rotatable bonds is 0. The highest BCUT2D eigenvalue weighted by molar-refractivity contribution is 5.88. The number of fused-ring (bicyclic) bond motifs is 6. The van der Waals surface area contributed by atoms with Crippen LogP contribution in [0.15, 0.2) is 56.4 Å². The third kappa shape index (κ3) is 5.78. The second kappa shape index (κ2) is 10.6. The topological polar surface area (TPSA) is 49.4 Å². The van der Waals surface area contributed by atoms with Gasteiger partial charge < -0.3 is 0 Å². The lowest BCUT2D eigenvalue weighted by Gasteiger charge is -2.26. The summed E-state index contributed by atoms with van der Waals surface area (Å²) in [5.74, 6) is 0. The standard InChI is InChI=1S/C30H36N4/c1-21-11-23-15-24(12-21)18-32-28-8-4-6-10-30(28)34-20-26-14-22(2)13-25(16-26)19-33-29-9-5-3-7-27(29)31-17-23/h11-20,27-30H,3-10H2,1-2H3/t27-,28-,29-,30-/m1/s1. The maximum absolute atomic E-state index is 5.03. The van der Waals surface area contributed by atoms with E-state index in [1.807, 2.05) is 0 Å². The van der Waals surface area contributed by atoms with Gasteiger partial charge in [-0.25, -0.2) is 0 Å². The Kier molecular flexibility index (Phi) is 7.13. The summed E-state index contributed by atoms with van der Waals surface area (Å²) in [4.78, 5) is 20.1. The van der Waals surface area contributed by atoms with Gasteiger partial charge in [-0.15, -0.1) is 0 Å². The van der Waals surface area contributed by atoms with Crippen LogP contribution in [-0.2, 0) is 0 Å². The van der Waals surface area contributed by atoms with E-state index >= 15 is 0 Å². The van der Waals surface area contributed by atoms with Crippen molar-refractivity contribution < 1.29 is 0 Å². The van der Waals surface area contributed by atoms with Crippen LogP contribution in [0.4, 0.5) is 0 Å². The first-order chi connectivity index (χ1) is 16.6. The first kappa shape index (κ1) is 22.9. The Morgan fingerprint density at radius 2 is 0.706 bits per heavy atom. The van der Waals surface area contributed by atoms with E-state index in [1.54, 1.807) is 0 Å². The van der Waals surface area contributed by atoms with Crippen LogP contribution in [0.5, 0.6) is 0 Å². The van der Waals surface area contributed by atoms with Crippen molar-refractivity contribution in [2.75, 3.05) is 0 Å². The minimum absolute atomic E-state index is 0.246. The average Bonchev–Trinajstić information content (AvgIpc) is 2.83. The van der Waals surface area contributed by atoms with Crippen LogP contribution >= 0.6 is 0 Å². The fourth-order valence-electron chi connectivity index (χ4n) is 5.59. The van der Waals surface area contributed by atoms with E-state index in [0.717, 1.165) is 47.9 Å². The molecule has 1 heterocycles. The van der Waals surface area contributed by atoms with Gasteiger partial charge in [0.1, 0.15) is 0 Å². The molecule has 0 saturated heterocycles. The first-order valence-electron chi connectivity index (χ1n) is 13.0. The second-order valence-corrected chi connectivity index (χ2v) is 10.3. The molecule has 34 heavy (non-hydrogen) atoms. The average molecular weight is 453 g/mol. The van der Waals surface area contributed by atoms with Crippen LogP contribution in [0.25, 0.3) is 0 Å². The van der Waals surface area contributed by atoms with Gasteiger partial charge in [-0.05, 0) is 85.0 Å². The molecule has 0 radical (unpaired) electrons. The summed E-state index contributed by atoms with van der Waals surface area (Å²) >= 11 is 0. The number of hydrogen-bond donors (Lipinski definition) is 0. The smallest absolute Gasteiger partial charge is 0.0723 e. The summed E-state index contributed by atoms with van der Waals surface area (Å²) in [6.45, 7) is 4.30. The molecule has 2 saturated carbocycles. The molecule has 0 aromatic heterocycles. The van der Waals surface area contributed by atoms with Gasteiger partial charge >= 0.3 is 0 Å². The Morgan fingerprint density at radius 1 is 0.441 bits per heavy atom. The Labute approximate surface area is 204 Å². The van der Waals surface area contributed by atoms with E-state index in [4.69, 9.17) is 20.0 Å². The van der Waals surface area contributed by atoms with Gasteiger partial charge in [0.05, 0.1) is 24.2 Å². The van der Waals surface area contributed by atoms with Crippen LogP contribution in [0.2, 0.25) is 0 Å². The van der Waals surface area contributed by atoms with E-state index in [2.05, 4.69) is 75.1 Å². The van der Waals surface area contributed by atoms with Crippen molar-refractivity contribution >= 4 is 24.9 Å². The molecule has 4 atom stereocenters. The van der Waals surface area contributed by atoms with E-state index in [9.17, 15) is 0 Å². The largest absolute Gasteiger partial charge is 0.287 e. The molecule has 4 heteroatoms. The molecule has 2 aliphatic carbocycles. The molecule has 3 aliphatic rings. The predicted octanol–water partition coefficient (Wildman–Crippen LogP) is 6.32. The molecule has 4 nitrogen and oxygen atoms in total. The highest BCUT2D eigenvalue weighted by Gasteiger charge is 2.24. The zero-order valence-corrected chi connectivity index (χ0v) is 20.5. The number of nitrogens with zero attached hydrogens (tertiary/aromatic N) is 4. The van der Waals surface area contributed by atoms with Crippen molar-refractivity contribution in [1.29, 1.82) is 0 Å². The van der Waals surface area contributed by atoms with Crippen LogP contribution in [0.1, 0.15) is 84.7 Å². The van der Waals surface area contributed by atoms with Crippen molar-refractivity contribution in [2.24, 2.45) is 20.0 Å². The Balaban J connectivity index is 1.54. The molecule has 4 bridgehead atoms. The minimum Gasteiger partial charge on any atom is -0.287 e. The lowest BCUT2D eigenvalue weighted by Crippen LogP contribution is -2.27. The monoisotopic (exact) mass is 452 g/mol. The molecule has 2 fully saturated rings. The lowest BCUT2D eigenvalue weighted by molar-refractivity contribution is 0.390. The summed E-state index contributed by atoms with van der Waals surface area (Å²) in [6.07, 6.45) is 17.6. The van der Waals surface area contributed by atoms with Crippen molar-refractivity contribution in [1.82, 2.24) is 0 Å². The van der Waals surface area contributed by atoms with Gasteiger partial charge in [0.15, 0.2) is 0 Å². The van der Waals surface area contributed by atoms with Crippen LogP contribution in [0.3, 0.4) is 0 Å². The molecular weight excluding hydrogens is 416 g/mol. The Hall–Kier alpha value is -2.88. The summed E-state index contributed by atoms with van der Waals surface area (Å²) in [6, 6.07) is 14.2. The van der Waals surface area contributed by atoms with E-state index in [1.165, 1.54) is 36.8 Å². The van der Waals surface area contributed by atoms with Crippen molar-refractivity contribution in [3.63, 3.8) is 0 Å². The summed E-state index contributed by atoms with van der Waals surface area (Å²) < 4.78 is 0. The maximum Gasteiger partial charge on any atom is 0.0723 e. The molecule has 2 aromatic rings. The van der Waals surface area contributed by atoms with Gasteiger partial charge in [0, 0.05) is 24.9 Å². The molecule has 5 rings (SSSR count). The quantitative estimate of drug-likeness (QED) is 0.449. The number of aryl methyl sites for hydroxylation is 2. The van der Waals surface area contributed by atoms with Gasteiger partial charge in [0.25, 0.3) is 0 Å². The Bertz CT molecular complexity index is 957.